The molecule has 0 bridgehead atoms. The smallest absolute Gasteiger partial charge is 0.328 e. The molecule has 0 unspecified atom stereocenters. The number of halogens is 1. The molecule has 0 saturated carbocycles. The SMILES string of the molecule is COC(=O)[C@@H](C[C@H](C)C#N)NC(=O)Cc1cccc(F)c1. The number of rotatable bonds is 6. The van der Waals surface area contributed by atoms with Gasteiger partial charge in [-0.2, -0.15) is 5.26 Å². The molecule has 0 aromatic heterocycles. The highest BCUT2D eigenvalue weighted by Crippen LogP contribution is 2.08. The zero-order valence-corrected chi connectivity index (χ0v) is 11.9. The van der Waals surface area contributed by atoms with Crippen LogP contribution in [0.25, 0.3) is 0 Å². The molecule has 0 spiro atoms. The summed E-state index contributed by atoms with van der Waals surface area (Å²) in [6, 6.07) is 6.78. The van der Waals surface area contributed by atoms with Crippen LogP contribution in [-0.4, -0.2) is 25.0 Å². The largest absolute Gasteiger partial charge is 0.467 e. The van der Waals surface area contributed by atoms with E-state index >= 15 is 0 Å². The third kappa shape index (κ3) is 5.61. The molecule has 0 aliphatic rings. The van der Waals surface area contributed by atoms with Crippen LogP contribution in [0.4, 0.5) is 4.39 Å². The molecule has 0 aliphatic carbocycles. The molecule has 6 heteroatoms. The average molecular weight is 292 g/mol. The summed E-state index contributed by atoms with van der Waals surface area (Å²) < 4.78 is 17.6. The second kappa shape index (κ2) is 8.00. The molecule has 5 nitrogen and oxygen atoms in total. The van der Waals surface area contributed by atoms with Crippen LogP contribution in [0.2, 0.25) is 0 Å². The topological polar surface area (TPSA) is 79.2 Å². The maximum atomic E-state index is 13.0. The predicted octanol–water partition coefficient (Wildman–Crippen LogP) is 1.58. The van der Waals surface area contributed by atoms with E-state index in [1.54, 1.807) is 13.0 Å². The van der Waals surface area contributed by atoms with Crippen molar-refractivity contribution < 1.29 is 18.7 Å². The molecule has 1 aromatic rings. The molecule has 1 amide bonds. The minimum Gasteiger partial charge on any atom is -0.467 e. The molecule has 1 aromatic carbocycles. The van der Waals surface area contributed by atoms with E-state index in [-0.39, 0.29) is 12.8 Å². The Kier molecular flexibility index (Phi) is 6.34. The Morgan fingerprint density at radius 2 is 2.19 bits per heavy atom. The zero-order valence-electron chi connectivity index (χ0n) is 11.9. The van der Waals surface area contributed by atoms with E-state index < -0.39 is 29.7 Å². The highest BCUT2D eigenvalue weighted by atomic mass is 19.1. The highest BCUT2D eigenvalue weighted by molar-refractivity contribution is 5.85. The van der Waals surface area contributed by atoms with Crippen LogP contribution in [-0.2, 0) is 20.7 Å². The number of hydrogen-bond acceptors (Lipinski definition) is 4. The molecule has 2 atom stereocenters. The molecular formula is C15H17FN2O3. The lowest BCUT2D eigenvalue weighted by Gasteiger charge is -2.17. The second-order valence-electron chi connectivity index (χ2n) is 4.72. The third-order valence-corrected chi connectivity index (χ3v) is 2.88. The molecule has 0 saturated heterocycles. The van der Waals surface area contributed by atoms with Crippen LogP contribution in [0.1, 0.15) is 18.9 Å². The first-order valence-corrected chi connectivity index (χ1v) is 6.47. The fourth-order valence-electron chi connectivity index (χ4n) is 1.84. The van der Waals surface area contributed by atoms with Crippen molar-refractivity contribution in [2.75, 3.05) is 7.11 Å². The van der Waals surface area contributed by atoms with E-state index in [0.717, 1.165) is 0 Å². The van der Waals surface area contributed by atoms with Gasteiger partial charge in [-0.1, -0.05) is 12.1 Å². The second-order valence-corrected chi connectivity index (χ2v) is 4.72. The molecule has 21 heavy (non-hydrogen) atoms. The summed E-state index contributed by atoms with van der Waals surface area (Å²) in [6.45, 7) is 1.65. The van der Waals surface area contributed by atoms with Crippen molar-refractivity contribution in [1.29, 1.82) is 5.26 Å². The number of amides is 1. The van der Waals surface area contributed by atoms with Crippen LogP contribution in [0, 0.1) is 23.1 Å². The predicted molar refractivity (Wildman–Crippen MR) is 73.4 cm³/mol. The Labute approximate surface area is 122 Å². The molecule has 1 rings (SSSR count). The van der Waals surface area contributed by atoms with Crippen molar-refractivity contribution in [2.24, 2.45) is 5.92 Å². The van der Waals surface area contributed by atoms with E-state index in [1.807, 2.05) is 6.07 Å². The number of carbonyl (C=O) groups excluding carboxylic acids is 2. The lowest BCUT2D eigenvalue weighted by molar-refractivity contribution is -0.145. The Morgan fingerprint density at radius 1 is 1.48 bits per heavy atom. The van der Waals surface area contributed by atoms with Crippen LogP contribution in [0.15, 0.2) is 24.3 Å². The van der Waals surface area contributed by atoms with E-state index in [2.05, 4.69) is 10.1 Å². The van der Waals surface area contributed by atoms with Gasteiger partial charge < -0.3 is 10.1 Å². The molecule has 0 aliphatic heterocycles. The molecular weight excluding hydrogens is 275 g/mol. The summed E-state index contributed by atoms with van der Waals surface area (Å²) in [6.07, 6.45) is 0.115. The van der Waals surface area contributed by atoms with E-state index in [1.165, 1.54) is 25.3 Å². The lowest BCUT2D eigenvalue weighted by atomic mass is 10.0. The minimum atomic E-state index is -0.884. The molecule has 112 valence electrons. The summed E-state index contributed by atoms with van der Waals surface area (Å²) >= 11 is 0. The molecule has 1 N–H and O–H groups in total. The van der Waals surface area contributed by atoms with Gasteiger partial charge in [-0.3, -0.25) is 4.79 Å². The Balaban J connectivity index is 2.67. The number of nitrogens with one attached hydrogen (secondary N) is 1. The minimum absolute atomic E-state index is 0.0494. The van der Waals surface area contributed by atoms with Gasteiger partial charge in [0.05, 0.1) is 19.6 Å². The van der Waals surface area contributed by atoms with E-state index in [0.29, 0.717) is 5.56 Å². The van der Waals surface area contributed by atoms with Gasteiger partial charge in [0.25, 0.3) is 0 Å². The summed E-state index contributed by atoms with van der Waals surface area (Å²) in [7, 11) is 1.21. The van der Waals surface area contributed by atoms with Crippen LogP contribution < -0.4 is 5.32 Å². The quantitative estimate of drug-likeness (QED) is 0.807. The number of methoxy groups -OCH3 is 1. The maximum Gasteiger partial charge on any atom is 0.328 e. The summed E-state index contributed by atoms with van der Waals surface area (Å²) in [5, 5.41) is 11.3. The molecule has 0 heterocycles. The van der Waals surface area contributed by atoms with Crippen molar-refractivity contribution in [3.05, 3.63) is 35.6 Å². The lowest BCUT2D eigenvalue weighted by Crippen LogP contribution is -2.43. The monoisotopic (exact) mass is 292 g/mol. The maximum absolute atomic E-state index is 13.0. The van der Waals surface area contributed by atoms with Crippen LogP contribution in [0.5, 0.6) is 0 Å². The van der Waals surface area contributed by atoms with Gasteiger partial charge in [0.2, 0.25) is 5.91 Å². The van der Waals surface area contributed by atoms with Gasteiger partial charge >= 0.3 is 5.97 Å². The van der Waals surface area contributed by atoms with Crippen molar-refractivity contribution in [3.63, 3.8) is 0 Å². The number of ether oxygens (including phenoxy) is 1. The summed E-state index contributed by atoms with van der Waals surface area (Å²) in [5.74, 6) is -1.86. The standard InChI is InChI=1S/C15H17FN2O3/c1-10(9-17)6-13(15(20)21-2)18-14(19)8-11-4-3-5-12(16)7-11/h3-5,7,10,13H,6,8H2,1-2H3,(H,18,19)/t10-,13+/m0/s1. The van der Waals surface area contributed by atoms with Crippen LogP contribution in [0.3, 0.4) is 0 Å². The summed E-state index contributed by atoms with van der Waals surface area (Å²) in [4.78, 5) is 23.5. The van der Waals surface area contributed by atoms with Crippen molar-refractivity contribution in [1.82, 2.24) is 5.32 Å². The fourth-order valence-corrected chi connectivity index (χ4v) is 1.84. The van der Waals surface area contributed by atoms with E-state index in [4.69, 9.17) is 5.26 Å². The molecule has 0 radical (unpaired) electrons. The van der Waals surface area contributed by atoms with Gasteiger partial charge in [-0.15, -0.1) is 0 Å². The Bertz CT molecular complexity index is 554. The number of hydrogen-bond donors (Lipinski definition) is 1. The number of esters is 1. The Hall–Kier alpha value is -2.42. The number of benzene rings is 1. The van der Waals surface area contributed by atoms with Gasteiger partial charge in [-0.05, 0) is 31.0 Å². The first kappa shape index (κ1) is 16.6. The number of nitriles is 1. The van der Waals surface area contributed by atoms with Crippen LogP contribution >= 0.6 is 0 Å². The fraction of sp³-hybridized carbons (Fsp3) is 0.400. The zero-order chi connectivity index (χ0) is 15.8. The average Bonchev–Trinajstić information content (AvgIpc) is 2.45. The van der Waals surface area contributed by atoms with E-state index in [9.17, 15) is 14.0 Å². The number of nitrogens with zero attached hydrogens (tertiary/aromatic N) is 1. The first-order valence-electron chi connectivity index (χ1n) is 6.47. The number of carbonyl (C=O) groups is 2. The molecule has 0 fully saturated rings. The van der Waals surface area contributed by atoms with Gasteiger partial charge in [0, 0.05) is 5.92 Å². The van der Waals surface area contributed by atoms with Crippen molar-refractivity contribution in [3.8, 4) is 6.07 Å². The summed E-state index contributed by atoms with van der Waals surface area (Å²) in [5.41, 5.74) is 0.504. The Morgan fingerprint density at radius 3 is 2.76 bits per heavy atom. The highest BCUT2D eigenvalue weighted by Gasteiger charge is 2.23. The van der Waals surface area contributed by atoms with Crippen molar-refractivity contribution >= 4 is 11.9 Å². The van der Waals surface area contributed by atoms with Gasteiger partial charge in [0.1, 0.15) is 11.9 Å². The first-order chi connectivity index (χ1) is 9.96. The normalized spacial score (nSPS) is 12.9. The van der Waals surface area contributed by atoms with Gasteiger partial charge in [-0.25, -0.2) is 9.18 Å². The van der Waals surface area contributed by atoms with Gasteiger partial charge in [0.15, 0.2) is 0 Å². The third-order valence-electron chi connectivity index (χ3n) is 2.88. The van der Waals surface area contributed by atoms with Crippen molar-refractivity contribution in [2.45, 2.75) is 25.8 Å².